The highest BCUT2D eigenvalue weighted by atomic mass is 16.6. The molecule has 1 heterocycles. The van der Waals surface area contributed by atoms with E-state index in [1.54, 1.807) is 49.9 Å². The molecule has 0 saturated carbocycles. The lowest BCUT2D eigenvalue weighted by atomic mass is 10.0. The molecule has 0 aliphatic rings. The minimum Gasteiger partial charge on any atom is -0.497 e. The number of aromatic nitrogens is 1. The molecule has 0 radical (unpaired) electrons. The highest BCUT2D eigenvalue weighted by Crippen LogP contribution is 2.29. The molecule has 6 heteroatoms. The largest absolute Gasteiger partial charge is 0.497 e. The van der Waals surface area contributed by atoms with Crippen LogP contribution in [0.15, 0.2) is 30.3 Å². The van der Waals surface area contributed by atoms with E-state index >= 15 is 0 Å². The van der Waals surface area contributed by atoms with Gasteiger partial charge in [0.2, 0.25) is 0 Å². The third kappa shape index (κ3) is 2.67. The predicted molar refractivity (Wildman–Crippen MR) is 81.0 cm³/mol. The first-order valence-electron chi connectivity index (χ1n) is 6.70. The Labute approximate surface area is 128 Å². The Hall–Kier alpha value is -2.76. The number of methoxy groups -OCH3 is 1. The Morgan fingerprint density at radius 3 is 2.32 bits per heavy atom. The molecule has 22 heavy (non-hydrogen) atoms. The second-order valence-electron chi connectivity index (χ2n) is 4.98. The number of ketones is 1. The van der Waals surface area contributed by atoms with Gasteiger partial charge in [0, 0.05) is 13.0 Å². The zero-order valence-corrected chi connectivity index (χ0v) is 12.9. The average molecular weight is 301 g/mol. The van der Waals surface area contributed by atoms with Crippen LogP contribution in [0.2, 0.25) is 0 Å². The van der Waals surface area contributed by atoms with Gasteiger partial charge in [-0.15, -0.1) is 0 Å². The number of benzene rings is 1. The molecule has 0 unspecified atom stereocenters. The summed E-state index contributed by atoms with van der Waals surface area (Å²) >= 11 is 0. The Morgan fingerprint density at radius 1 is 1.27 bits per heavy atom. The van der Waals surface area contributed by atoms with Crippen LogP contribution in [0.5, 0.6) is 5.75 Å². The van der Waals surface area contributed by atoms with E-state index in [1.165, 1.54) is 13.0 Å². The van der Waals surface area contributed by atoms with Crippen molar-refractivity contribution in [2.75, 3.05) is 7.11 Å². The van der Waals surface area contributed by atoms with Crippen molar-refractivity contribution in [2.24, 2.45) is 7.05 Å². The molecular formula is C16H17N2O4+. The summed E-state index contributed by atoms with van der Waals surface area (Å²) in [6, 6.07) is 8.35. The van der Waals surface area contributed by atoms with Gasteiger partial charge in [0.1, 0.15) is 12.8 Å². The van der Waals surface area contributed by atoms with Gasteiger partial charge < -0.3 is 4.74 Å². The molecule has 0 spiro atoms. The quantitative estimate of drug-likeness (QED) is 0.376. The second-order valence-corrected chi connectivity index (χ2v) is 4.98. The summed E-state index contributed by atoms with van der Waals surface area (Å²) < 4.78 is 6.78. The van der Waals surface area contributed by atoms with E-state index in [2.05, 4.69) is 0 Å². The first kappa shape index (κ1) is 15.6. The van der Waals surface area contributed by atoms with Gasteiger partial charge >= 0.3 is 5.69 Å². The van der Waals surface area contributed by atoms with E-state index in [1.807, 2.05) is 0 Å². The smallest absolute Gasteiger partial charge is 0.341 e. The number of nitrogens with zero attached hydrogens (tertiary/aromatic N) is 2. The van der Waals surface area contributed by atoms with E-state index < -0.39 is 4.92 Å². The molecule has 6 nitrogen and oxygen atoms in total. The molecule has 2 rings (SSSR count). The summed E-state index contributed by atoms with van der Waals surface area (Å²) in [4.78, 5) is 22.6. The molecule has 2 aromatic rings. The van der Waals surface area contributed by atoms with E-state index in [-0.39, 0.29) is 11.5 Å². The third-order valence-corrected chi connectivity index (χ3v) is 3.69. The van der Waals surface area contributed by atoms with Crippen LogP contribution in [0.3, 0.4) is 0 Å². The van der Waals surface area contributed by atoms with Crippen molar-refractivity contribution < 1.29 is 19.0 Å². The number of carbonyl (C=O) groups excluding carboxylic acids is 1. The minimum absolute atomic E-state index is 0.0940. The summed E-state index contributed by atoms with van der Waals surface area (Å²) in [6.45, 7) is 3.17. The van der Waals surface area contributed by atoms with Gasteiger partial charge in [-0.05, 0) is 31.2 Å². The van der Waals surface area contributed by atoms with E-state index in [0.29, 0.717) is 28.3 Å². The van der Waals surface area contributed by atoms with Crippen LogP contribution in [0.25, 0.3) is 11.3 Å². The number of ether oxygens (including phenoxy) is 1. The van der Waals surface area contributed by atoms with Crippen molar-refractivity contribution in [1.29, 1.82) is 0 Å². The number of rotatable bonds is 4. The standard InChI is InChI=1S/C16H17N2O4/c1-10-14(11(2)19)9-15(18(20)21)16(17(10)3)12-5-7-13(22-4)8-6-12/h5-9H,1-4H3/q+1. The van der Waals surface area contributed by atoms with Crippen LogP contribution in [0.1, 0.15) is 23.0 Å². The van der Waals surface area contributed by atoms with Crippen molar-refractivity contribution in [1.82, 2.24) is 0 Å². The molecule has 1 aromatic heterocycles. The first-order chi connectivity index (χ1) is 10.4. The van der Waals surface area contributed by atoms with Crippen LogP contribution in [-0.4, -0.2) is 17.8 Å². The van der Waals surface area contributed by atoms with Gasteiger partial charge in [-0.2, -0.15) is 4.57 Å². The minimum atomic E-state index is -0.467. The molecular weight excluding hydrogens is 284 g/mol. The predicted octanol–water partition coefficient (Wildman–Crippen LogP) is 2.61. The number of hydrogen-bond acceptors (Lipinski definition) is 4. The van der Waals surface area contributed by atoms with Crippen molar-refractivity contribution in [3.8, 4) is 17.0 Å². The molecule has 1 aromatic carbocycles. The number of nitro groups is 1. The number of carbonyl (C=O) groups is 1. The summed E-state index contributed by atoms with van der Waals surface area (Å²) in [5.74, 6) is 0.476. The first-order valence-corrected chi connectivity index (χ1v) is 6.70. The number of hydrogen-bond donors (Lipinski definition) is 0. The van der Waals surface area contributed by atoms with E-state index in [4.69, 9.17) is 4.74 Å². The molecule has 0 saturated heterocycles. The Kier molecular flexibility index (Phi) is 4.21. The van der Waals surface area contributed by atoms with Crippen LogP contribution < -0.4 is 9.30 Å². The highest BCUT2D eigenvalue weighted by Gasteiger charge is 2.30. The summed E-state index contributed by atoms with van der Waals surface area (Å²) in [7, 11) is 3.28. The lowest BCUT2D eigenvalue weighted by Gasteiger charge is -2.07. The van der Waals surface area contributed by atoms with Gasteiger partial charge in [-0.1, -0.05) is 0 Å². The van der Waals surface area contributed by atoms with E-state index in [0.717, 1.165) is 0 Å². The topological polar surface area (TPSA) is 73.3 Å². The maximum absolute atomic E-state index is 11.7. The van der Waals surface area contributed by atoms with Gasteiger partial charge in [-0.25, -0.2) is 0 Å². The van der Waals surface area contributed by atoms with Gasteiger partial charge in [0.15, 0.2) is 11.5 Å². The van der Waals surface area contributed by atoms with Crippen LogP contribution in [0, 0.1) is 17.0 Å². The zero-order chi connectivity index (χ0) is 16.4. The van der Waals surface area contributed by atoms with Crippen molar-refractivity contribution in [3.63, 3.8) is 0 Å². The fourth-order valence-electron chi connectivity index (χ4n) is 2.42. The maximum atomic E-state index is 11.7. The second kappa shape index (κ2) is 5.93. The fourth-order valence-corrected chi connectivity index (χ4v) is 2.42. The van der Waals surface area contributed by atoms with Crippen LogP contribution in [-0.2, 0) is 7.05 Å². The zero-order valence-electron chi connectivity index (χ0n) is 12.9. The van der Waals surface area contributed by atoms with Crippen LogP contribution in [0.4, 0.5) is 5.69 Å². The van der Waals surface area contributed by atoms with Crippen LogP contribution >= 0.6 is 0 Å². The van der Waals surface area contributed by atoms with Gasteiger partial charge in [0.25, 0.3) is 5.69 Å². The average Bonchev–Trinajstić information content (AvgIpc) is 2.49. The molecule has 0 fully saturated rings. The SMILES string of the molecule is COc1ccc(-c2c([N+](=O)[O-])cc(C(C)=O)c(C)[n+]2C)cc1. The Morgan fingerprint density at radius 2 is 1.86 bits per heavy atom. The van der Waals surface area contributed by atoms with E-state index in [9.17, 15) is 14.9 Å². The normalized spacial score (nSPS) is 10.4. The monoisotopic (exact) mass is 301 g/mol. The highest BCUT2D eigenvalue weighted by molar-refractivity contribution is 5.95. The number of Topliss-reactive ketones (excluding diaryl/α,β-unsaturated/α-hetero) is 1. The summed E-state index contributed by atoms with van der Waals surface area (Å²) in [6.07, 6.45) is 0. The van der Waals surface area contributed by atoms with Crippen molar-refractivity contribution >= 4 is 11.5 Å². The Bertz CT molecular complexity index is 752. The summed E-state index contributed by atoms with van der Waals surface area (Å²) in [5.41, 5.74) is 2.09. The third-order valence-electron chi connectivity index (χ3n) is 3.69. The molecule has 0 N–H and O–H groups in total. The van der Waals surface area contributed by atoms with Gasteiger partial charge in [0.05, 0.1) is 23.2 Å². The molecule has 0 amide bonds. The lowest BCUT2D eigenvalue weighted by molar-refractivity contribution is -0.669. The molecule has 0 atom stereocenters. The summed E-state index contributed by atoms with van der Waals surface area (Å²) in [5, 5.41) is 11.4. The Balaban J connectivity index is 2.75. The maximum Gasteiger partial charge on any atom is 0.341 e. The molecule has 0 bridgehead atoms. The molecule has 0 aliphatic carbocycles. The molecule has 0 aliphatic heterocycles. The number of pyridine rings is 1. The van der Waals surface area contributed by atoms with Crippen molar-refractivity contribution in [2.45, 2.75) is 13.8 Å². The van der Waals surface area contributed by atoms with Crippen molar-refractivity contribution in [3.05, 3.63) is 51.7 Å². The molecule has 114 valence electrons. The van der Waals surface area contributed by atoms with Gasteiger partial charge in [-0.3, -0.25) is 14.9 Å². The fraction of sp³-hybridized carbons (Fsp3) is 0.250. The lowest BCUT2D eigenvalue weighted by Crippen LogP contribution is -2.37.